The highest BCUT2D eigenvalue weighted by Gasteiger charge is 2.31. The fourth-order valence-electron chi connectivity index (χ4n) is 2.38. The van der Waals surface area contributed by atoms with Crippen LogP contribution in [0.2, 0.25) is 0 Å². The molecule has 1 saturated carbocycles. The lowest BCUT2D eigenvalue weighted by atomic mass is 9.87. The summed E-state index contributed by atoms with van der Waals surface area (Å²) in [6, 6.07) is 5.30. The van der Waals surface area contributed by atoms with Crippen LogP contribution in [0, 0.1) is 0 Å². The summed E-state index contributed by atoms with van der Waals surface area (Å²) in [6.07, 6.45) is 4.33. The zero-order valence-electron chi connectivity index (χ0n) is 12.7. The smallest absolute Gasteiger partial charge is 0.213 e. The van der Waals surface area contributed by atoms with E-state index in [1.165, 1.54) is 5.56 Å². The molecule has 2 rings (SSSR count). The Labute approximate surface area is 116 Å². The van der Waals surface area contributed by atoms with Gasteiger partial charge in [0, 0.05) is 24.3 Å². The highest BCUT2D eigenvalue weighted by atomic mass is 16.5. The van der Waals surface area contributed by atoms with Gasteiger partial charge in [-0.3, -0.25) is 0 Å². The second-order valence-corrected chi connectivity index (χ2v) is 6.86. The predicted molar refractivity (Wildman–Crippen MR) is 78.6 cm³/mol. The number of nitrogens with zero attached hydrogens (tertiary/aromatic N) is 1. The number of nitrogens with one attached hydrogen (secondary N) is 1. The van der Waals surface area contributed by atoms with Gasteiger partial charge in [-0.05, 0) is 29.9 Å². The Morgan fingerprint density at radius 1 is 1.32 bits per heavy atom. The van der Waals surface area contributed by atoms with Crippen molar-refractivity contribution in [2.75, 3.05) is 0 Å². The molecule has 0 bridgehead atoms. The van der Waals surface area contributed by atoms with E-state index in [0.29, 0.717) is 18.2 Å². The Balaban J connectivity index is 1.88. The molecule has 3 heteroatoms. The maximum atomic E-state index is 5.95. The molecule has 0 atom stereocenters. The van der Waals surface area contributed by atoms with E-state index in [1.54, 1.807) is 0 Å². The minimum atomic E-state index is 0.141. The Bertz CT molecular complexity index is 417. The first-order valence-electron chi connectivity index (χ1n) is 7.24. The first-order valence-corrected chi connectivity index (χ1v) is 7.24. The number of rotatable bonds is 4. The quantitative estimate of drug-likeness (QED) is 0.904. The molecule has 1 aliphatic rings. The topological polar surface area (TPSA) is 34.1 Å². The Morgan fingerprint density at radius 3 is 2.58 bits per heavy atom. The molecule has 106 valence electrons. The molecule has 1 aliphatic carbocycles. The number of hydrogen-bond donors (Lipinski definition) is 1. The average molecular weight is 262 g/mol. The van der Waals surface area contributed by atoms with Gasteiger partial charge in [0.05, 0.1) is 0 Å². The van der Waals surface area contributed by atoms with Crippen molar-refractivity contribution in [2.24, 2.45) is 0 Å². The second-order valence-electron chi connectivity index (χ2n) is 6.86. The van der Waals surface area contributed by atoms with Crippen LogP contribution in [0.3, 0.4) is 0 Å². The summed E-state index contributed by atoms with van der Waals surface area (Å²) >= 11 is 0. The summed E-state index contributed by atoms with van der Waals surface area (Å²) in [7, 11) is 0. The van der Waals surface area contributed by atoms with E-state index in [-0.39, 0.29) is 5.41 Å². The molecular weight excluding hydrogens is 236 g/mol. The lowest BCUT2D eigenvalue weighted by Crippen LogP contribution is -2.49. The van der Waals surface area contributed by atoms with Crippen LogP contribution in [0.4, 0.5) is 0 Å². The lowest BCUT2D eigenvalue weighted by molar-refractivity contribution is 0.0770. The van der Waals surface area contributed by atoms with E-state index >= 15 is 0 Å². The van der Waals surface area contributed by atoms with Gasteiger partial charge < -0.3 is 10.1 Å². The van der Waals surface area contributed by atoms with Gasteiger partial charge in [0.15, 0.2) is 0 Å². The molecule has 0 aliphatic heterocycles. The Hall–Kier alpha value is -1.09. The molecule has 19 heavy (non-hydrogen) atoms. The van der Waals surface area contributed by atoms with Crippen LogP contribution >= 0.6 is 0 Å². The third kappa shape index (κ3) is 3.93. The number of hydrogen-bond acceptors (Lipinski definition) is 3. The van der Waals surface area contributed by atoms with Crippen LogP contribution in [0.5, 0.6) is 5.88 Å². The molecule has 0 spiro atoms. The van der Waals surface area contributed by atoms with Crippen molar-refractivity contribution in [2.45, 2.75) is 71.1 Å². The summed E-state index contributed by atoms with van der Waals surface area (Å²) in [5.41, 5.74) is 1.41. The van der Waals surface area contributed by atoms with E-state index in [1.807, 2.05) is 6.20 Å². The summed E-state index contributed by atoms with van der Waals surface area (Å²) in [6.45, 7) is 11.0. The number of aromatic nitrogens is 1. The van der Waals surface area contributed by atoms with E-state index < -0.39 is 0 Å². The molecule has 0 aromatic carbocycles. The van der Waals surface area contributed by atoms with Crippen molar-refractivity contribution in [3.05, 3.63) is 23.9 Å². The van der Waals surface area contributed by atoms with Crippen molar-refractivity contribution in [1.82, 2.24) is 10.3 Å². The summed E-state index contributed by atoms with van der Waals surface area (Å²) in [4.78, 5) is 4.32. The highest BCUT2D eigenvalue weighted by molar-refractivity contribution is 5.26. The van der Waals surface area contributed by atoms with Crippen molar-refractivity contribution >= 4 is 0 Å². The van der Waals surface area contributed by atoms with Crippen molar-refractivity contribution in [3.8, 4) is 5.88 Å². The molecular formula is C16H26N2O. The Kier molecular flexibility index (Phi) is 4.14. The second kappa shape index (κ2) is 5.49. The van der Waals surface area contributed by atoms with E-state index in [2.05, 4.69) is 57.1 Å². The van der Waals surface area contributed by atoms with Crippen molar-refractivity contribution in [3.63, 3.8) is 0 Å². The fourth-order valence-corrected chi connectivity index (χ4v) is 2.38. The molecule has 1 fully saturated rings. The van der Waals surface area contributed by atoms with Crippen LogP contribution in [0.25, 0.3) is 0 Å². The molecule has 0 amide bonds. The molecule has 0 saturated heterocycles. The van der Waals surface area contributed by atoms with Gasteiger partial charge in [0.1, 0.15) is 6.10 Å². The van der Waals surface area contributed by atoms with Gasteiger partial charge in [-0.15, -0.1) is 0 Å². The largest absolute Gasteiger partial charge is 0.474 e. The normalized spacial score (nSPS) is 23.3. The maximum Gasteiger partial charge on any atom is 0.213 e. The first kappa shape index (κ1) is 14.3. The van der Waals surface area contributed by atoms with Gasteiger partial charge in [-0.25, -0.2) is 4.98 Å². The number of ether oxygens (including phenoxy) is 1. The zero-order valence-corrected chi connectivity index (χ0v) is 12.7. The van der Waals surface area contributed by atoms with Gasteiger partial charge in [0.2, 0.25) is 5.88 Å². The van der Waals surface area contributed by atoms with Crippen molar-refractivity contribution < 1.29 is 4.74 Å². The highest BCUT2D eigenvalue weighted by Crippen LogP contribution is 2.28. The van der Waals surface area contributed by atoms with Crippen LogP contribution in [0.1, 0.15) is 53.0 Å². The summed E-state index contributed by atoms with van der Waals surface area (Å²) < 4.78 is 5.95. The molecule has 1 aromatic heterocycles. The number of pyridine rings is 1. The molecule has 1 N–H and O–H groups in total. The summed E-state index contributed by atoms with van der Waals surface area (Å²) in [5.74, 6) is 0.764. The van der Waals surface area contributed by atoms with E-state index in [0.717, 1.165) is 18.7 Å². The first-order chi connectivity index (χ1) is 8.84. The summed E-state index contributed by atoms with van der Waals surface area (Å²) in [5, 5.41) is 3.53. The van der Waals surface area contributed by atoms with Crippen LogP contribution in [0.15, 0.2) is 18.3 Å². The maximum absolute atomic E-state index is 5.95. The van der Waals surface area contributed by atoms with Crippen LogP contribution in [-0.2, 0) is 5.41 Å². The van der Waals surface area contributed by atoms with E-state index in [9.17, 15) is 0 Å². The molecule has 3 nitrogen and oxygen atoms in total. The Morgan fingerprint density at radius 2 is 2.00 bits per heavy atom. The SMILES string of the molecule is CC(C)NC1CC(Oc2cc(C(C)(C)C)ccn2)C1. The molecule has 1 aromatic rings. The predicted octanol–water partition coefficient (Wildman–Crippen LogP) is 3.29. The minimum absolute atomic E-state index is 0.141. The van der Waals surface area contributed by atoms with E-state index in [4.69, 9.17) is 4.74 Å². The molecule has 1 heterocycles. The third-order valence-electron chi connectivity index (χ3n) is 3.55. The third-order valence-corrected chi connectivity index (χ3v) is 3.55. The van der Waals surface area contributed by atoms with Gasteiger partial charge in [-0.1, -0.05) is 34.6 Å². The molecule has 0 radical (unpaired) electrons. The fraction of sp³-hybridized carbons (Fsp3) is 0.688. The van der Waals surface area contributed by atoms with Gasteiger partial charge in [0.25, 0.3) is 0 Å². The minimum Gasteiger partial charge on any atom is -0.474 e. The zero-order chi connectivity index (χ0) is 14.0. The standard InChI is InChI=1S/C16H26N2O/c1-11(2)18-13-9-14(10-13)19-15-8-12(6-7-17-15)16(3,4)5/h6-8,11,13-14,18H,9-10H2,1-5H3. The van der Waals surface area contributed by atoms with Gasteiger partial charge in [-0.2, -0.15) is 0 Å². The molecule has 0 unspecified atom stereocenters. The monoisotopic (exact) mass is 262 g/mol. The lowest BCUT2D eigenvalue weighted by Gasteiger charge is -2.37. The van der Waals surface area contributed by atoms with Crippen molar-refractivity contribution in [1.29, 1.82) is 0 Å². The van der Waals surface area contributed by atoms with Crippen LogP contribution < -0.4 is 10.1 Å². The van der Waals surface area contributed by atoms with Crippen LogP contribution in [-0.4, -0.2) is 23.2 Å². The average Bonchev–Trinajstić information content (AvgIpc) is 2.25. The van der Waals surface area contributed by atoms with Gasteiger partial charge >= 0.3 is 0 Å².